The zero-order chi connectivity index (χ0) is 14.4. The van der Waals surface area contributed by atoms with Crippen LogP contribution >= 0.6 is 57.9 Å². The third-order valence-corrected chi connectivity index (χ3v) is 5.57. The van der Waals surface area contributed by atoms with Gasteiger partial charge in [-0.15, -0.1) is 10.2 Å². The second-order valence-electron chi connectivity index (χ2n) is 3.67. The van der Waals surface area contributed by atoms with E-state index < -0.39 is 0 Å². The Morgan fingerprint density at radius 1 is 0.900 bits per heavy atom. The van der Waals surface area contributed by atoms with Gasteiger partial charge in [0.1, 0.15) is 0 Å². The summed E-state index contributed by atoms with van der Waals surface area (Å²) in [5.74, 6) is 0. The molecule has 0 spiro atoms. The molecule has 0 aliphatic heterocycles. The van der Waals surface area contributed by atoms with E-state index >= 15 is 0 Å². The summed E-state index contributed by atoms with van der Waals surface area (Å²) in [4.78, 5) is 0. The highest BCUT2D eigenvalue weighted by molar-refractivity contribution is 14.1. The lowest BCUT2D eigenvalue weighted by atomic mass is 10.3. The third kappa shape index (κ3) is 4.35. The Morgan fingerprint density at radius 3 is 2.05 bits per heavy atom. The number of anilines is 1. The number of para-hydroxylation sites is 1. The monoisotopic (exact) mass is 508 g/mol. The summed E-state index contributed by atoms with van der Waals surface area (Å²) < 4.78 is 3.61. The summed E-state index contributed by atoms with van der Waals surface area (Å²) in [5, 5.41) is 8.56. The smallest absolute Gasteiger partial charge is 0.213 e. The molecule has 0 N–H and O–H groups in total. The van der Waals surface area contributed by atoms with Gasteiger partial charge in [-0.05, 0) is 36.5 Å². The minimum Gasteiger partial charge on any atom is -0.213 e. The molecule has 0 aromatic heterocycles. The van der Waals surface area contributed by atoms with Crippen molar-refractivity contribution in [1.29, 1.82) is 0 Å². The van der Waals surface area contributed by atoms with Crippen LogP contribution in [-0.2, 0) is 0 Å². The minimum atomic E-state index is 0.382. The molecule has 20 heavy (non-hydrogen) atoms. The normalized spacial score (nSPS) is 10.5. The molecule has 0 saturated heterocycles. The molecule has 0 heterocycles. The average molecular weight is 508 g/mol. The van der Waals surface area contributed by atoms with Gasteiger partial charge in [0.2, 0.25) is 5.11 Å². The number of benzene rings is 2. The van der Waals surface area contributed by atoms with Crippen molar-refractivity contribution in [1.82, 2.24) is 3.22 Å². The van der Waals surface area contributed by atoms with Gasteiger partial charge in [-0.3, -0.25) is 0 Å². The fourth-order valence-corrected chi connectivity index (χ4v) is 2.50. The van der Waals surface area contributed by atoms with Crippen LogP contribution in [0.3, 0.4) is 0 Å². The predicted molar refractivity (Wildman–Crippen MR) is 102 cm³/mol. The van der Waals surface area contributed by atoms with Crippen LogP contribution < -0.4 is 3.22 Å². The van der Waals surface area contributed by atoms with Crippen molar-refractivity contribution in [3.8, 4) is 0 Å². The number of hydrazine groups is 1. The van der Waals surface area contributed by atoms with Crippen LogP contribution in [-0.4, -0.2) is 8.33 Å². The van der Waals surface area contributed by atoms with Crippen LogP contribution in [0.15, 0.2) is 70.9 Å². The summed E-state index contributed by atoms with van der Waals surface area (Å²) in [6.07, 6.45) is 0. The highest BCUT2D eigenvalue weighted by atomic mass is 127. The first-order chi connectivity index (χ1) is 9.68. The second-order valence-corrected chi connectivity index (χ2v) is 5.87. The first-order valence-corrected chi connectivity index (χ1v) is 8.00. The molecule has 0 bridgehead atoms. The first-order valence-electron chi connectivity index (χ1n) is 5.66. The molecule has 0 aliphatic carbocycles. The number of nitrogens with zero attached hydrogens (tertiary/aromatic N) is 4. The topological polar surface area (TPSA) is 31.2 Å². The van der Waals surface area contributed by atoms with E-state index in [4.69, 9.17) is 12.2 Å². The van der Waals surface area contributed by atoms with Gasteiger partial charge in [0.15, 0.2) is 0 Å². The zero-order valence-corrected chi connectivity index (χ0v) is 15.4. The number of azo groups is 1. The lowest BCUT2D eigenvalue weighted by Crippen LogP contribution is -2.29. The maximum absolute atomic E-state index is 5.26. The second kappa shape index (κ2) is 7.84. The number of hydrogen-bond acceptors (Lipinski definition) is 3. The summed E-state index contributed by atoms with van der Waals surface area (Å²) in [7, 11) is 0. The van der Waals surface area contributed by atoms with Gasteiger partial charge in [0.05, 0.1) is 57.1 Å². The number of halogens is 2. The van der Waals surface area contributed by atoms with E-state index in [0.29, 0.717) is 5.11 Å². The van der Waals surface area contributed by atoms with E-state index in [0.717, 1.165) is 11.4 Å². The summed E-state index contributed by atoms with van der Waals surface area (Å²) in [5.41, 5.74) is 1.79. The molecular formula is C13H10I2N4S. The molecule has 0 atom stereocenters. The molecule has 0 aliphatic rings. The Bertz CT molecular complexity index is 592. The van der Waals surface area contributed by atoms with Gasteiger partial charge in [0, 0.05) is 0 Å². The molecule has 0 unspecified atom stereocenters. The van der Waals surface area contributed by atoms with Crippen LogP contribution in [0, 0.1) is 0 Å². The molecule has 2 aromatic rings. The molecule has 2 aromatic carbocycles. The van der Waals surface area contributed by atoms with Crippen LogP contribution in [0.25, 0.3) is 0 Å². The molecule has 0 radical (unpaired) electrons. The van der Waals surface area contributed by atoms with Gasteiger partial charge in [-0.2, -0.15) is 3.22 Å². The summed E-state index contributed by atoms with van der Waals surface area (Å²) >= 11 is 9.53. The highest BCUT2D eigenvalue weighted by Crippen LogP contribution is 2.24. The van der Waals surface area contributed by atoms with Gasteiger partial charge in [-0.25, -0.2) is 3.22 Å². The minimum absolute atomic E-state index is 0.382. The summed E-state index contributed by atoms with van der Waals surface area (Å²) in [6, 6.07) is 19.4. The fourth-order valence-electron chi connectivity index (χ4n) is 1.36. The first kappa shape index (κ1) is 15.6. The standard InChI is InChI=1S/C13H10I2N4S/c14-18(12-9-5-2-6-10-12)19(15)13(20)17-16-11-7-3-1-4-8-11/h1-10H. The van der Waals surface area contributed by atoms with E-state index in [1.54, 1.807) is 3.22 Å². The molecule has 2 rings (SSSR count). The Morgan fingerprint density at radius 2 is 1.45 bits per heavy atom. The zero-order valence-electron chi connectivity index (χ0n) is 10.2. The largest absolute Gasteiger partial charge is 0.245 e. The molecule has 102 valence electrons. The van der Waals surface area contributed by atoms with Crippen molar-refractivity contribution in [3.05, 3.63) is 60.7 Å². The lowest BCUT2D eigenvalue weighted by molar-refractivity contribution is 0.815. The van der Waals surface area contributed by atoms with Crippen molar-refractivity contribution in [2.75, 3.05) is 3.22 Å². The van der Waals surface area contributed by atoms with Crippen LogP contribution in [0.1, 0.15) is 0 Å². The molecule has 0 fully saturated rings. The Hall–Kier alpha value is -0.810. The van der Waals surface area contributed by atoms with Gasteiger partial charge in [0.25, 0.3) is 0 Å². The van der Waals surface area contributed by atoms with E-state index in [-0.39, 0.29) is 0 Å². The SMILES string of the molecule is S=C(N=Nc1ccccc1)N(I)N(I)c1ccccc1. The average Bonchev–Trinajstić information content (AvgIpc) is 2.53. The summed E-state index contributed by atoms with van der Waals surface area (Å²) in [6.45, 7) is 0. The van der Waals surface area contributed by atoms with Crippen molar-refractivity contribution in [3.63, 3.8) is 0 Å². The van der Waals surface area contributed by atoms with E-state index in [1.165, 1.54) is 0 Å². The Labute approximate surface area is 150 Å². The molecule has 4 nitrogen and oxygen atoms in total. The van der Waals surface area contributed by atoms with Crippen molar-refractivity contribution in [2.24, 2.45) is 10.2 Å². The van der Waals surface area contributed by atoms with E-state index in [9.17, 15) is 0 Å². The van der Waals surface area contributed by atoms with Gasteiger partial charge >= 0.3 is 0 Å². The van der Waals surface area contributed by atoms with E-state index in [2.05, 4.69) is 56.0 Å². The molecular weight excluding hydrogens is 498 g/mol. The fraction of sp³-hybridized carbons (Fsp3) is 0. The Kier molecular flexibility index (Phi) is 6.10. The van der Waals surface area contributed by atoms with Crippen LogP contribution in [0.4, 0.5) is 11.4 Å². The third-order valence-electron chi connectivity index (χ3n) is 2.29. The maximum atomic E-state index is 5.26. The predicted octanol–water partition coefficient (Wildman–Crippen LogP) is 5.48. The number of rotatable bonds is 3. The number of hydrogen-bond donors (Lipinski definition) is 0. The highest BCUT2D eigenvalue weighted by Gasteiger charge is 2.13. The van der Waals surface area contributed by atoms with Crippen LogP contribution in [0.2, 0.25) is 0 Å². The van der Waals surface area contributed by atoms with Gasteiger partial charge in [-0.1, -0.05) is 36.4 Å². The molecule has 7 heteroatoms. The van der Waals surface area contributed by atoms with Crippen molar-refractivity contribution < 1.29 is 0 Å². The Balaban J connectivity index is 2.04. The molecule has 0 saturated carbocycles. The molecule has 0 amide bonds. The lowest BCUT2D eigenvalue weighted by Gasteiger charge is -2.24. The number of thiocarbonyl (C=S) groups is 1. The van der Waals surface area contributed by atoms with Crippen molar-refractivity contribution in [2.45, 2.75) is 0 Å². The maximum Gasteiger partial charge on any atom is 0.245 e. The van der Waals surface area contributed by atoms with Crippen LogP contribution in [0.5, 0.6) is 0 Å². The quantitative estimate of drug-likeness (QED) is 0.181. The van der Waals surface area contributed by atoms with Crippen molar-refractivity contribution >= 4 is 74.4 Å². The van der Waals surface area contributed by atoms with Gasteiger partial charge < -0.3 is 0 Å². The van der Waals surface area contributed by atoms with E-state index in [1.807, 2.05) is 63.9 Å².